The summed E-state index contributed by atoms with van der Waals surface area (Å²) >= 11 is 0. The number of H-pyrrole nitrogens is 1. The monoisotopic (exact) mass is 335 g/mol. The fourth-order valence-corrected chi connectivity index (χ4v) is 3.15. The summed E-state index contributed by atoms with van der Waals surface area (Å²) in [6.07, 6.45) is 7.02. The lowest BCUT2D eigenvalue weighted by Gasteiger charge is -2.27. The Morgan fingerprint density at radius 3 is 2.88 bits per heavy atom. The minimum atomic E-state index is -0.591. The van der Waals surface area contributed by atoms with Crippen molar-refractivity contribution in [1.82, 2.24) is 20.4 Å². The van der Waals surface area contributed by atoms with Crippen LogP contribution in [0.4, 0.5) is 5.95 Å². The second kappa shape index (κ2) is 6.37. The zero-order valence-electron chi connectivity index (χ0n) is 13.4. The molecule has 1 amide bonds. The number of para-hydroxylation sites is 1. The number of nitrogens with zero attached hydrogens (tertiary/aromatic N) is 3. The molecule has 1 aliphatic rings. The van der Waals surface area contributed by atoms with E-state index in [-0.39, 0.29) is 0 Å². The minimum Gasteiger partial charge on any atom is -0.357 e. The number of nitrogens with one attached hydrogen (secondary N) is 2. The lowest BCUT2D eigenvalue weighted by molar-refractivity contribution is -0.124. The van der Waals surface area contributed by atoms with Gasteiger partial charge in [-0.05, 0) is 24.1 Å². The molecule has 1 aromatic carbocycles. The van der Waals surface area contributed by atoms with Gasteiger partial charge in [-0.3, -0.25) is 10.0 Å². The maximum atomic E-state index is 11.0. The summed E-state index contributed by atoms with van der Waals surface area (Å²) in [6.45, 7) is 1.60. The van der Waals surface area contributed by atoms with Gasteiger partial charge in [0, 0.05) is 47.2 Å². The molecular weight excluding hydrogens is 318 g/mol. The van der Waals surface area contributed by atoms with E-state index >= 15 is 0 Å². The first kappa shape index (κ1) is 15.3. The molecule has 0 spiro atoms. The van der Waals surface area contributed by atoms with Crippen LogP contribution < -0.4 is 10.4 Å². The fraction of sp³-hybridized carbons (Fsp3) is 0.167. The number of carbonyl (C=O) groups excluding carboxylic acids is 1. The van der Waals surface area contributed by atoms with Gasteiger partial charge in [0.1, 0.15) is 0 Å². The van der Waals surface area contributed by atoms with Gasteiger partial charge in [-0.15, -0.1) is 0 Å². The molecular formula is C18H17N5O2. The Balaban J connectivity index is 1.53. The van der Waals surface area contributed by atoms with E-state index < -0.39 is 5.91 Å². The highest BCUT2D eigenvalue weighted by Gasteiger charge is 2.21. The number of hydrogen-bond acceptors (Lipinski definition) is 5. The highest BCUT2D eigenvalue weighted by molar-refractivity contribution is 5.90. The van der Waals surface area contributed by atoms with Crippen LogP contribution in [0.1, 0.15) is 16.8 Å². The van der Waals surface area contributed by atoms with E-state index in [1.807, 2.05) is 6.07 Å². The maximum absolute atomic E-state index is 11.0. The number of benzene rings is 1. The summed E-state index contributed by atoms with van der Waals surface area (Å²) in [7, 11) is 0. The van der Waals surface area contributed by atoms with Crippen LogP contribution >= 0.6 is 0 Å². The fourth-order valence-electron chi connectivity index (χ4n) is 3.15. The molecule has 0 atom stereocenters. The zero-order valence-corrected chi connectivity index (χ0v) is 13.4. The van der Waals surface area contributed by atoms with Crippen molar-refractivity contribution in [3.63, 3.8) is 0 Å². The van der Waals surface area contributed by atoms with Crippen LogP contribution in [0.5, 0.6) is 0 Å². The van der Waals surface area contributed by atoms with E-state index in [2.05, 4.69) is 38.1 Å². The van der Waals surface area contributed by atoms with Crippen molar-refractivity contribution in [1.29, 1.82) is 0 Å². The molecule has 7 heteroatoms. The summed E-state index contributed by atoms with van der Waals surface area (Å²) in [5.74, 6) is 0.0690. The summed E-state index contributed by atoms with van der Waals surface area (Å²) in [6, 6.07) is 8.35. The normalized spacial score (nSPS) is 14.0. The van der Waals surface area contributed by atoms with Crippen LogP contribution in [0, 0.1) is 0 Å². The average molecular weight is 335 g/mol. The molecule has 2 aromatic heterocycles. The summed E-state index contributed by atoms with van der Waals surface area (Å²) < 4.78 is 0. The molecule has 0 saturated heterocycles. The number of hydroxylamine groups is 1. The number of rotatable bonds is 3. The highest BCUT2D eigenvalue weighted by atomic mass is 16.5. The minimum absolute atomic E-state index is 0.591. The van der Waals surface area contributed by atoms with Crippen LogP contribution in [0.2, 0.25) is 0 Å². The number of hydrogen-bond donors (Lipinski definition) is 3. The summed E-state index contributed by atoms with van der Waals surface area (Å²) in [4.78, 5) is 25.4. The first-order chi connectivity index (χ1) is 12.2. The largest absolute Gasteiger partial charge is 0.357 e. The Bertz CT molecular complexity index is 946. The average Bonchev–Trinajstić information content (AvgIpc) is 3.04. The predicted molar refractivity (Wildman–Crippen MR) is 94.0 cm³/mol. The van der Waals surface area contributed by atoms with Crippen LogP contribution in [0.3, 0.4) is 0 Å². The topological polar surface area (TPSA) is 94.1 Å². The molecule has 1 aliphatic heterocycles. The zero-order chi connectivity index (χ0) is 17.2. The lowest BCUT2D eigenvalue weighted by Crippen LogP contribution is -2.31. The number of amides is 1. The summed E-state index contributed by atoms with van der Waals surface area (Å²) in [5, 5.41) is 9.76. The Labute approximate surface area is 144 Å². The molecule has 0 aliphatic carbocycles. The molecule has 0 radical (unpaired) electrons. The van der Waals surface area contributed by atoms with E-state index in [1.54, 1.807) is 23.9 Å². The molecule has 7 nitrogen and oxygen atoms in total. The molecule has 25 heavy (non-hydrogen) atoms. The number of aromatic nitrogens is 3. The third kappa shape index (κ3) is 2.97. The van der Waals surface area contributed by atoms with Crippen LogP contribution in [0.15, 0.2) is 42.7 Å². The van der Waals surface area contributed by atoms with Crippen molar-refractivity contribution < 1.29 is 10.0 Å². The van der Waals surface area contributed by atoms with Crippen molar-refractivity contribution in [2.24, 2.45) is 0 Å². The smallest absolute Gasteiger partial charge is 0.267 e. The molecule has 3 N–H and O–H groups in total. The first-order valence-electron chi connectivity index (χ1n) is 8.02. The van der Waals surface area contributed by atoms with Crippen LogP contribution in [-0.2, 0) is 17.8 Å². The molecule has 3 aromatic rings. The van der Waals surface area contributed by atoms with Gasteiger partial charge in [0.2, 0.25) is 5.95 Å². The first-order valence-corrected chi connectivity index (χ1v) is 8.02. The van der Waals surface area contributed by atoms with E-state index in [9.17, 15) is 4.79 Å². The molecule has 0 fully saturated rings. The Morgan fingerprint density at radius 1 is 1.28 bits per heavy atom. The number of anilines is 1. The highest BCUT2D eigenvalue weighted by Crippen LogP contribution is 2.28. The third-order valence-corrected chi connectivity index (χ3v) is 4.36. The predicted octanol–water partition coefficient (Wildman–Crippen LogP) is 2.04. The number of fused-ring (bicyclic) bond motifs is 3. The Kier molecular flexibility index (Phi) is 3.91. The lowest BCUT2D eigenvalue weighted by atomic mass is 10.0. The summed E-state index contributed by atoms with van der Waals surface area (Å²) in [5.41, 5.74) is 5.98. The second-order valence-corrected chi connectivity index (χ2v) is 5.93. The molecule has 126 valence electrons. The Hall–Kier alpha value is -3.19. The molecule has 0 unspecified atom stereocenters. The van der Waals surface area contributed by atoms with E-state index in [4.69, 9.17) is 5.21 Å². The molecule has 0 saturated carbocycles. The van der Waals surface area contributed by atoms with Crippen molar-refractivity contribution in [3.05, 3.63) is 59.6 Å². The number of carbonyl (C=O) groups is 1. The van der Waals surface area contributed by atoms with Gasteiger partial charge >= 0.3 is 0 Å². The van der Waals surface area contributed by atoms with Gasteiger partial charge in [-0.2, -0.15) is 0 Å². The quantitative estimate of drug-likeness (QED) is 0.387. The van der Waals surface area contributed by atoms with Crippen molar-refractivity contribution in [3.8, 4) is 0 Å². The third-order valence-electron chi connectivity index (χ3n) is 4.36. The van der Waals surface area contributed by atoms with Gasteiger partial charge in [0.25, 0.3) is 5.91 Å². The molecule has 4 rings (SSSR count). The maximum Gasteiger partial charge on any atom is 0.267 e. The standard InChI is InChI=1S/C18H17N5O2/c24-17(22-25)6-5-12-9-19-18(20-10-12)23-8-7-14-13-3-1-2-4-15(13)21-16(14)11-23/h1-6,9-10,21,25H,7-8,11H2,(H,22,24). The van der Waals surface area contributed by atoms with E-state index in [0.29, 0.717) is 11.5 Å². The van der Waals surface area contributed by atoms with Gasteiger partial charge in [0.15, 0.2) is 0 Å². The van der Waals surface area contributed by atoms with Gasteiger partial charge in [0.05, 0.1) is 6.54 Å². The van der Waals surface area contributed by atoms with E-state index in [0.717, 1.165) is 25.0 Å². The van der Waals surface area contributed by atoms with E-state index in [1.165, 1.54) is 22.7 Å². The van der Waals surface area contributed by atoms with Crippen LogP contribution in [-0.4, -0.2) is 32.6 Å². The SMILES string of the molecule is O=C(C=Cc1cnc(N2CCc3c([nH]c4ccccc34)C2)nc1)NO. The molecule has 3 heterocycles. The van der Waals surface area contributed by atoms with Crippen molar-refractivity contribution in [2.75, 3.05) is 11.4 Å². The van der Waals surface area contributed by atoms with Gasteiger partial charge < -0.3 is 9.88 Å². The molecule has 0 bridgehead atoms. The Morgan fingerprint density at radius 2 is 2.08 bits per heavy atom. The second-order valence-electron chi connectivity index (χ2n) is 5.93. The van der Waals surface area contributed by atoms with Crippen molar-refractivity contribution >= 4 is 28.8 Å². The van der Waals surface area contributed by atoms with Crippen LogP contribution in [0.25, 0.3) is 17.0 Å². The van der Waals surface area contributed by atoms with Crippen molar-refractivity contribution in [2.45, 2.75) is 13.0 Å². The van der Waals surface area contributed by atoms with Gasteiger partial charge in [-0.25, -0.2) is 15.4 Å². The van der Waals surface area contributed by atoms with Gasteiger partial charge in [-0.1, -0.05) is 18.2 Å². The number of aromatic amines is 1.